The molecule has 1 N–H and O–H groups in total. The topological polar surface area (TPSA) is 72.3 Å². The van der Waals surface area contributed by atoms with Crippen LogP contribution in [0.15, 0.2) is 72.8 Å². The van der Waals surface area contributed by atoms with Crippen molar-refractivity contribution in [3.05, 3.63) is 83.9 Å². The summed E-state index contributed by atoms with van der Waals surface area (Å²) in [5.74, 6) is 0.118. The number of phenols is 1. The second kappa shape index (κ2) is 6.26. The van der Waals surface area contributed by atoms with Gasteiger partial charge in [-0.2, -0.15) is 0 Å². The van der Waals surface area contributed by atoms with Crippen LogP contribution in [0.5, 0.6) is 11.5 Å². The van der Waals surface area contributed by atoms with Crippen LogP contribution in [-0.4, -0.2) is 21.0 Å². The first-order valence-corrected chi connectivity index (χ1v) is 9.80. The highest BCUT2D eigenvalue weighted by molar-refractivity contribution is 6.12. The molecule has 0 saturated heterocycles. The second-order valence-electron chi connectivity index (χ2n) is 7.52. The molecule has 4 aromatic carbocycles. The van der Waals surface area contributed by atoms with Gasteiger partial charge in [0, 0.05) is 22.3 Å². The van der Waals surface area contributed by atoms with Gasteiger partial charge >= 0.3 is 5.97 Å². The Labute approximate surface area is 171 Å². The zero-order chi connectivity index (χ0) is 20.2. The Hall–Kier alpha value is -3.99. The molecule has 1 atom stereocenters. The van der Waals surface area contributed by atoms with E-state index in [1.807, 2.05) is 54.6 Å². The minimum Gasteiger partial charge on any atom is -0.508 e. The fourth-order valence-corrected chi connectivity index (χ4v) is 4.40. The molecule has 0 spiro atoms. The molecule has 30 heavy (non-hydrogen) atoms. The van der Waals surface area contributed by atoms with E-state index in [2.05, 4.69) is 0 Å². The molecule has 1 aliphatic heterocycles. The highest BCUT2D eigenvalue weighted by atomic mass is 16.5. The van der Waals surface area contributed by atoms with Crippen molar-refractivity contribution in [3.8, 4) is 11.5 Å². The van der Waals surface area contributed by atoms with E-state index in [1.54, 1.807) is 18.2 Å². The summed E-state index contributed by atoms with van der Waals surface area (Å²) in [7, 11) is 0. The van der Waals surface area contributed by atoms with Gasteiger partial charge in [0.2, 0.25) is 0 Å². The van der Waals surface area contributed by atoms with Crippen molar-refractivity contribution in [2.45, 2.75) is 12.3 Å². The highest BCUT2D eigenvalue weighted by Crippen LogP contribution is 2.47. The average molecular weight is 392 g/mol. The van der Waals surface area contributed by atoms with Crippen LogP contribution in [-0.2, 0) is 4.79 Å². The van der Waals surface area contributed by atoms with Crippen LogP contribution in [0, 0.1) is 0 Å². The molecule has 0 bridgehead atoms. The van der Waals surface area contributed by atoms with Gasteiger partial charge in [0.05, 0.1) is 28.5 Å². The van der Waals surface area contributed by atoms with Gasteiger partial charge in [-0.1, -0.05) is 48.5 Å². The highest BCUT2D eigenvalue weighted by Gasteiger charge is 2.33. The number of benzene rings is 4. The van der Waals surface area contributed by atoms with E-state index in [9.17, 15) is 9.90 Å². The van der Waals surface area contributed by atoms with Gasteiger partial charge in [-0.15, -0.1) is 0 Å². The Bertz CT molecular complexity index is 1490. The van der Waals surface area contributed by atoms with E-state index in [0.717, 1.165) is 44.0 Å². The number of carbonyl (C=O) groups is 1. The van der Waals surface area contributed by atoms with Gasteiger partial charge in [-0.05, 0) is 29.8 Å². The number of esters is 1. The summed E-state index contributed by atoms with van der Waals surface area (Å²) in [6, 6.07) is 22.6. The van der Waals surface area contributed by atoms with Crippen molar-refractivity contribution < 1.29 is 14.6 Å². The summed E-state index contributed by atoms with van der Waals surface area (Å²) in [6.45, 7) is 0. The maximum Gasteiger partial charge on any atom is 0.312 e. The Morgan fingerprint density at radius 3 is 2.30 bits per heavy atom. The molecule has 0 radical (unpaired) electrons. The molecule has 5 heteroatoms. The second-order valence-corrected chi connectivity index (χ2v) is 7.52. The number of hydrogen-bond acceptors (Lipinski definition) is 5. The maximum atomic E-state index is 12.6. The first-order chi connectivity index (χ1) is 14.7. The molecular weight excluding hydrogens is 376 g/mol. The first kappa shape index (κ1) is 16.9. The van der Waals surface area contributed by atoms with Crippen molar-refractivity contribution in [1.82, 2.24) is 9.97 Å². The van der Waals surface area contributed by atoms with E-state index in [4.69, 9.17) is 14.7 Å². The van der Waals surface area contributed by atoms with Gasteiger partial charge in [0.1, 0.15) is 11.5 Å². The molecule has 0 fully saturated rings. The van der Waals surface area contributed by atoms with Gasteiger partial charge in [-0.25, -0.2) is 9.97 Å². The van der Waals surface area contributed by atoms with E-state index < -0.39 is 0 Å². The van der Waals surface area contributed by atoms with Gasteiger partial charge in [-0.3, -0.25) is 4.79 Å². The largest absolute Gasteiger partial charge is 0.508 e. The number of aromatic hydroxyl groups is 1. The van der Waals surface area contributed by atoms with E-state index in [1.165, 1.54) is 0 Å². The smallest absolute Gasteiger partial charge is 0.312 e. The fourth-order valence-electron chi connectivity index (χ4n) is 4.40. The third kappa shape index (κ3) is 2.45. The number of ether oxygens (including phenoxy) is 1. The quantitative estimate of drug-likeness (QED) is 0.186. The average Bonchev–Trinajstić information content (AvgIpc) is 2.77. The summed E-state index contributed by atoms with van der Waals surface area (Å²) in [5, 5.41) is 11.8. The van der Waals surface area contributed by atoms with E-state index in [-0.39, 0.29) is 24.1 Å². The minimum absolute atomic E-state index is 0.162. The van der Waals surface area contributed by atoms with Crippen LogP contribution in [0.25, 0.3) is 32.8 Å². The van der Waals surface area contributed by atoms with Gasteiger partial charge in [0.25, 0.3) is 0 Å². The summed E-state index contributed by atoms with van der Waals surface area (Å²) in [4.78, 5) is 22.4. The Balaban J connectivity index is 1.80. The summed E-state index contributed by atoms with van der Waals surface area (Å²) in [5.41, 5.74) is 4.80. The summed E-state index contributed by atoms with van der Waals surface area (Å²) >= 11 is 0. The molecule has 1 aliphatic rings. The first-order valence-electron chi connectivity index (χ1n) is 9.80. The molecule has 5 aromatic rings. The van der Waals surface area contributed by atoms with E-state index in [0.29, 0.717) is 5.75 Å². The lowest BCUT2D eigenvalue weighted by Gasteiger charge is -2.27. The number of carbonyl (C=O) groups excluding carboxylic acids is 1. The zero-order valence-electron chi connectivity index (χ0n) is 15.9. The molecular formula is C25H16N2O3. The predicted octanol–water partition coefficient (Wildman–Crippen LogP) is 5.08. The molecule has 2 heterocycles. The van der Waals surface area contributed by atoms with Crippen LogP contribution in [0.4, 0.5) is 0 Å². The molecule has 1 aromatic heterocycles. The number of rotatable bonds is 1. The summed E-state index contributed by atoms with van der Waals surface area (Å²) < 4.78 is 5.78. The third-order valence-electron chi connectivity index (χ3n) is 5.70. The number of phenolic OH excluding ortho intramolecular Hbond substituents is 1. The molecule has 0 aliphatic carbocycles. The minimum atomic E-state index is -0.297. The van der Waals surface area contributed by atoms with Crippen LogP contribution in [0.2, 0.25) is 0 Å². The molecule has 5 nitrogen and oxygen atoms in total. The zero-order valence-corrected chi connectivity index (χ0v) is 15.9. The lowest BCUT2D eigenvalue weighted by Crippen LogP contribution is -2.22. The predicted molar refractivity (Wildman–Crippen MR) is 115 cm³/mol. The van der Waals surface area contributed by atoms with Crippen molar-refractivity contribution in [1.29, 1.82) is 0 Å². The summed E-state index contributed by atoms with van der Waals surface area (Å²) in [6.07, 6.45) is 0.179. The van der Waals surface area contributed by atoms with Crippen LogP contribution < -0.4 is 4.74 Å². The normalized spacial score (nSPS) is 16.0. The molecule has 144 valence electrons. The standard InChI is InChI=1S/C25H16N2O3/c28-15-7-5-6-14(12-15)18-13-21(29)30-25-17-9-2-1-8-16(17)23-24(22(18)25)27-20-11-4-3-10-19(20)26-23/h1-12,18,28H,13H2/t18-/m0/s1. The van der Waals surface area contributed by atoms with Crippen molar-refractivity contribution >= 4 is 38.8 Å². The molecule has 0 saturated carbocycles. The lowest BCUT2D eigenvalue weighted by molar-refractivity contribution is -0.135. The molecule has 0 unspecified atom stereocenters. The Kier molecular flexibility index (Phi) is 3.53. The van der Waals surface area contributed by atoms with Crippen LogP contribution >= 0.6 is 0 Å². The van der Waals surface area contributed by atoms with Crippen molar-refractivity contribution in [2.75, 3.05) is 0 Å². The lowest BCUT2D eigenvalue weighted by atomic mass is 9.83. The molecule has 0 amide bonds. The number of para-hydroxylation sites is 2. The molecule has 6 rings (SSSR count). The maximum absolute atomic E-state index is 12.6. The van der Waals surface area contributed by atoms with Gasteiger partial charge < -0.3 is 9.84 Å². The number of aromatic nitrogens is 2. The van der Waals surface area contributed by atoms with E-state index >= 15 is 0 Å². The van der Waals surface area contributed by atoms with Gasteiger partial charge in [0.15, 0.2) is 0 Å². The Morgan fingerprint density at radius 2 is 1.53 bits per heavy atom. The van der Waals surface area contributed by atoms with Crippen molar-refractivity contribution in [2.24, 2.45) is 0 Å². The fraction of sp³-hybridized carbons (Fsp3) is 0.0800. The number of nitrogens with zero attached hydrogens (tertiary/aromatic N) is 2. The van der Waals surface area contributed by atoms with Crippen LogP contribution in [0.3, 0.4) is 0 Å². The number of hydrogen-bond donors (Lipinski definition) is 1. The van der Waals surface area contributed by atoms with Crippen molar-refractivity contribution in [3.63, 3.8) is 0 Å². The Morgan fingerprint density at radius 1 is 0.833 bits per heavy atom. The SMILES string of the molecule is O=C1C[C@@H](c2cccc(O)c2)c2c(c3ccccc3c3nc4ccccc4nc23)O1. The number of fused-ring (bicyclic) bond motifs is 7. The third-order valence-corrected chi connectivity index (χ3v) is 5.70. The monoisotopic (exact) mass is 392 g/mol. The van der Waals surface area contributed by atoms with Crippen LogP contribution in [0.1, 0.15) is 23.5 Å².